The van der Waals surface area contributed by atoms with Gasteiger partial charge in [0.1, 0.15) is 12.6 Å². The van der Waals surface area contributed by atoms with E-state index in [1.165, 1.54) is 29.2 Å². The molecule has 1 saturated carbocycles. The van der Waals surface area contributed by atoms with E-state index in [9.17, 15) is 18.0 Å². The van der Waals surface area contributed by atoms with E-state index >= 15 is 0 Å². The number of nitrogens with one attached hydrogen (secondary N) is 1. The van der Waals surface area contributed by atoms with Gasteiger partial charge in [-0.2, -0.15) is 0 Å². The molecule has 3 aromatic rings. The molecule has 1 atom stereocenters. The zero-order chi connectivity index (χ0) is 29.6. The van der Waals surface area contributed by atoms with Gasteiger partial charge < -0.3 is 10.2 Å². The Morgan fingerprint density at radius 1 is 0.927 bits per heavy atom. The van der Waals surface area contributed by atoms with Crippen LogP contribution in [0, 0.1) is 0 Å². The second kappa shape index (κ2) is 13.9. The van der Waals surface area contributed by atoms with Crippen LogP contribution in [0.15, 0.2) is 77.7 Å². The maximum atomic E-state index is 14.1. The molecule has 3 aromatic carbocycles. The fourth-order valence-electron chi connectivity index (χ4n) is 4.90. The van der Waals surface area contributed by atoms with Crippen molar-refractivity contribution in [3.63, 3.8) is 0 Å². The van der Waals surface area contributed by atoms with Crippen LogP contribution in [0.1, 0.15) is 44.6 Å². The number of sulfonamides is 1. The molecular formula is C30H32Cl3N3O4S. The number of carbonyl (C=O) groups is 2. The number of hydrogen-bond acceptors (Lipinski definition) is 4. The summed E-state index contributed by atoms with van der Waals surface area (Å²) in [5, 5.41) is 3.69. The zero-order valence-electron chi connectivity index (χ0n) is 22.6. The van der Waals surface area contributed by atoms with Gasteiger partial charge in [0, 0.05) is 17.6 Å². The normalized spacial score (nSPS) is 14.7. The number of anilines is 1. The molecule has 1 aliphatic rings. The topological polar surface area (TPSA) is 86.8 Å². The number of carbonyl (C=O) groups excluding carboxylic acids is 2. The number of rotatable bonds is 10. The van der Waals surface area contributed by atoms with Crippen molar-refractivity contribution in [3.05, 3.63) is 93.4 Å². The van der Waals surface area contributed by atoms with Crippen molar-refractivity contribution in [3.8, 4) is 0 Å². The van der Waals surface area contributed by atoms with Crippen LogP contribution in [0.5, 0.6) is 0 Å². The first-order valence-electron chi connectivity index (χ1n) is 13.4. The average Bonchev–Trinajstić information content (AvgIpc) is 2.97. The van der Waals surface area contributed by atoms with Crippen molar-refractivity contribution >= 4 is 62.3 Å². The van der Waals surface area contributed by atoms with E-state index in [2.05, 4.69) is 5.32 Å². The third-order valence-electron chi connectivity index (χ3n) is 7.17. The van der Waals surface area contributed by atoms with E-state index in [4.69, 9.17) is 34.8 Å². The summed E-state index contributed by atoms with van der Waals surface area (Å²) in [6, 6.07) is 18.5. The zero-order valence-corrected chi connectivity index (χ0v) is 25.7. The molecule has 0 heterocycles. The molecule has 0 radical (unpaired) electrons. The Kier molecular flexibility index (Phi) is 10.6. The third-order valence-corrected chi connectivity index (χ3v) is 9.99. The molecule has 0 aromatic heterocycles. The van der Waals surface area contributed by atoms with Crippen LogP contribution in [-0.4, -0.2) is 43.8 Å². The highest BCUT2D eigenvalue weighted by molar-refractivity contribution is 7.92. The van der Waals surface area contributed by atoms with Gasteiger partial charge in [-0.1, -0.05) is 90.5 Å². The van der Waals surface area contributed by atoms with Crippen molar-refractivity contribution in [2.24, 2.45) is 0 Å². The minimum atomic E-state index is -4.25. The molecule has 0 saturated heterocycles. The van der Waals surface area contributed by atoms with Gasteiger partial charge in [0.05, 0.1) is 20.6 Å². The van der Waals surface area contributed by atoms with Gasteiger partial charge in [-0.05, 0) is 61.7 Å². The van der Waals surface area contributed by atoms with E-state index in [1.54, 1.807) is 55.5 Å². The Bertz CT molecular complexity index is 1480. The number of halogens is 3. The molecule has 7 nitrogen and oxygen atoms in total. The van der Waals surface area contributed by atoms with Gasteiger partial charge in [-0.3, -0.25) is 13.9 Å². The Hall–Kier alpha value is -2.78. The maximum Gasteiger partial charge on any atom is 0.264 e. The minimum absolute atomic E-state index is 0.00838. The molecule has 1 aliphatic carbocycles. The van der Waals surface area contributed by atoms with Crippen molar-refractivity contribution in [1.82, 2.24) is 10.2 Å². The first-order chi connectivity index (χ1) is 19.6. The van der Waals surface area contributed by atoms with Crippen molar-refractivity contribution in [2.45, 2.75) is 62.6 Å². The van der Waals surface area contributed by atoms with Gasteiger partial charge in [0.15, 0.2) is 0 Å². The molecule has 1 fully saturated rings. The molecule has 218 valence electrons. The largest absolute Gasteiger partial charge is 0.352 e. The lowest BCUT2D eigenvalue weighted by Gasteiger charge is -2.33. The van der Waals surface area contributed by atoms with Crippen molar-refractivity contribution < 1.29 is 18.0 Å². The highest BCUT2D eigenvalue weighted by atomic mass is 35.5. The SMILES string of the molecule is C[C@H](C(=O)NC1CCCCC1)N(Cc1cccc(Cl)c1)C(=O)CN(c1cccc(Cl)c1Cl)S(=O)(=O)c1ccccc1. The average molecular weight is 637 g/mol. The number of amides is 2. The number of hydrogen-bond donors (Lipinski definition) is 1. The summed E-state index contributed by atoms with van der Waals surface area (Å²) in [6.07, 6.45) is 4.99. The highest BCUT2D eigenvalue weighted by Crippen LogP contribution is 2.35. The van der Waals surface area contributed by atoms with Gasteiger partial charge in [-0.25, -0.2) is 8.42 Å². The molecular weight excluding hydrogens is 605 g/mol. The molecule has 0 spiro atoms. The first kappa shape index (κ1) is 31.2. The Balaban J connectivity index is 1.70. The molecule has 4 rings (SSSR count). The summed E-state index contributed by atoms with van der Waals surface area (Å²) in [5.41, 5.74) is 0.750. The smallest absolute Gasteiger partial charge is 0.264 e. The van der Waals surface area contributed by atoms with Crippen LogP contribution < -0.4 is 9.62 Å². The summed E-state index contributed by atoms with van der Waals surface area (Å²) in [5.74, 6) is -0.891. The van der Waals surface area contributed by atoms with Gasteiger partial charge >= 0.3 is 0 Å². The summed E-state index contributed by atoms with van der Waals surface area (Å²) in [7, 11) is -4.25. The summed E-state index contributed by atoms with van der Waals surface area (Å²) in [6.45, 7) is 1.07. The molecule has 41 heavy (non-hydrogen) atoms. The molecule has 0 aliphatic heterocycles. The lowest BCUT2D eigenvalue weighted by molar-refractivity contribution is -0.139. The van der Waals surface area contributed by atoms with Gasteiger partial charge in [-0.15, -0.1) is 0 Å². The third kappa shape index (κ3) is 7.74. The highest BCUT2D eigenvalue weighted by Gasteiger charge is 2.34. The lowest BCUT2D eigenvalue weighted by atomic mass is 9.95. The van der Waals surface area contributed by atoms with Crippen molar-refractivity contribution in [1.29, 1.82) is 0 Å². The van der Waals surface area contributed by atoms with Crippen LogP contribution in [-0.2, 0) is 26.2 Å². The van der Waals surface area contributed by atoms with Crippen LogP contribution in [0.2, 0.25) is 15.1 Å². The predicted octanol–water partition coefficient (Wildman–Crippen LogP) is 6.71. The van der Waals surface area contributed by atoms with Gasteiger partial charge in [0.2, 0.25) is 11.8 Å². The summed E-state index contributed by atoms with van der Waals surface area (Å²) >= 11 is 18.9. The quantitative estimate of drug-likeness (QED) is 0.268. The Morgan fingerprint density at radius 3 is 2.29 bits per heavy atom. The molecule has 0 bridgehead atoms. The first-order valence-corrected chi connectivity index (χ1v) is 16.0. The summed E-state index contributed by atoms with van der Waals surface area (Å²) < 4.78 is 28.7. The van der Waals surface area contributed by atoms with Crippen molar-refractivity contribution in [2.75, 3.05) is 10.8 Å². The molecule has 1 N–H and O–H groups in total. The molecule has 0 unspecified atom stereocenters. The monoisotopic (exact) mass is 635 g/mol. The Labute approximate surface area is 256 Å². The van der Waals surface area contributed by atoms with E-state index in [0.29, 0.717) is 10.6 Å². The fraction of sp³-hybridized carbons (Fsp3) is 0.333. The van der Waals surface area contributed by atoms with Crippen LogP contribution in [0.25, 0.3) is 0 Å². The number of benzene rings is 3. The second-order valence-corrected chi connectivity index (χ2v) is 13.2. The van der Waals surface area contributed by atoms with Crippen LogP contribution in [0.3, 0.4) is 0 Å². The van der Waals surface area contributed by atoms with E-state index in [1.807, 2.05) is 0 Å². The maximum absolute atomic E-state index is 14.1. The standard InChI is InChI=1S/C30H32Cl3N3O4S/c1-21(30(38)34-24-12-4-2-5-13-24)35(19-22-10-8-11-23(31)18-22)28(37)20-36(27-17-9-16-26(32)29(27)33)41(39,40)25-14-6-3-7-15-25/h3,6-11,14-18,21,24H,2,4-5,12-13,19-20H2,1H3,(H,34,38)/t21-/m1/s1. The van der Waals surface area contributed by atoms with E-state index in [-0.39, 0.29) is 39.1 Å². The minimum Gasteiger partial charge on any atom is -0.352 e. The fourth-order valence-corrected chi connectivity index (χ4v) is 7.01. The van der Waals surface area contributed by atoms with E-state index < -0.39 is 28.5 Å². The predicted molar refractivity (Wildman–Crippen MR) is 164 cm³/mol. The molecule has 11 heteroatoms. The Morgan fingerprint density at radius 2 is 1.61 bits per heavy atom. The summed E-state index contributed by atoms with van der Waals surface area (Å²) in [4.78, 5) is 28.8. The number of nitrogens with zero attached hydrogens (tertiary/aromatic N) is 2. The molecule has 2 amide bonds. The second-order valence-electron chi connectivity index (χ2n) is 10.1. The van der Waals surface area contributed by atoms with Gasteiger partial charge in [0.25, 0.3) is 10.0 Å². The lowest BCUT2D eigenvalue weighted by Crippen LogP contribution is -2.53. The van der Waals surface area contributed by atoms with Crippen LogP contribution >= 0.6 is 34.8 Å². The van der Waals surface area contributed by atoms with E-state index in [0.717, 1.165) is 36.4 Å². The van der Waals surface area contributed by atoms with Crippen LogP contribution in [0.4, 0.5) is 5.69 Å².